The SMILES string of the molecule is CC(C)(CNS(=O)(=O)c1cccc(F)c1[N+](=O)[O-])C(N)=O. The minimum Gasteiger partial charge on any atom is -0.369 e. The van der Waals surface area contributed by atoms with E-state index in [0.29, 0.717) is 0 Å². The van der Waals surface area contributed by atoms with Crippen LogP contribution in [0.4, 0.5) is 10.1 Å². The number of benzene rings is 1. The van der Waals surface area contributed by atoms with Crippen LogP contribution in [-0.2, 0) is 14.8 Å². The van der Waals surface area contributed by atoms with Crippen molar-refractivity contribution < 1.29 is 22.5 Å². The molecule has 0 radical (unpaired) electrons. The van der Waals surface area contributed by atoms with E-state index in [0.717, 1.165) is 18.2 Å². The Bertz CT molecular complexity index is 687. The Labute approximate surface area is 120 Å². The van der Waals surface area contributed by atoms with Crippen molar-refractivity contribution in [1.82, 2.24) is 4.72 Å². The first-order valence-electron chi connectivity index (χ1n) is 5.71. The van der Waals surface area contributed by atoms with Crippen LogP contribution in [0.25, 0.3) is 0 Å². The smallest absolute Gasteiger partial charge is 0.324 e. The molecule has 1 amide bonds. The van der Waals surface area contributed by atoms with Gasteiger partial charge in [-0.2, -0.15) is 4.39 Å². The van der Waals surface area contributed by atoms with E-state index in [-0.39, 0.29) is 6.54 Å². The van der Waals surface area contributed by atoms with Crippen molar-refractivity contribution in [3.8, 4) is 0 Å². The minimum atomic E-state index is -4.36. The molecule has 0 saturated carbocycles. The second-order valence-electron chi connectivity index (χ2n) is 4.92. The second-order valence-corrected chi connectivity index (χ2v) is 6.65. The lowest BCUT2D eigenvalue weighted by atomic mass is 9.93. The van der Waals surface area contributed by atoms with E-state index in [1.54, 1.807) is 0 Å². The number of carbonyl (C=O) groups excluding carboxylic acids is 1. The van der Waals surface area contributed by atoms with E-state index in [9.17, 15) is 27.7 Å². The summed E-state index contributed by atoms with van der Waals surface area (Å²) in [5.74, 6) is -2.02. The van der Waals surface area contributed by atoms with Gasteiger partial charge in [-0.1, -0.05) is 6.07 Å². The summed E-state index contributed by atoms with van der Waals surface area (Å²) in [7, 11) is -4.36. The van der Waals surface area contributed by atoms with Gasteiger partial charge < -0.3 is 5.73 Å². The van der Waals surface area contributed by atoms with Gasteiger partial charge in [-0.3, -0.25) is 14.9 Å². The molecule has 0 fully saturated rings. The number of para-hydroxylation sites is 1. The number of amides is 1. The fourth-order valence-corrected chi connectivity index (χ4v) is 2.72. The highest BCUT2D eigenvalue weighted by Gasteiger charge is 2.32. The molecule has 1 aromatic carbocycles. The number of hydrogen-bond acceptors (Lipinski definition) is 5. The highest BCUT2D eigenvalue weighted by atomic mass is 32.2. The molecule has 0 aromatic heterocycles. The molecule has 0 aliphatic carbocycles. The monoisotopic (exact) mass is 319 g/mol. The summed E-state index contributed by atoms with van der Waals surface area (Å²) in [6.45, 7) is 2.42. The van der Waals surface area contributed by atoms with Gasteiger partial charge >= 0.3 is 5.69 Å². The highest BCUT2D eigenvalue weighted by Crippen LogP contribution is 2.26. The van der Waals surface area contributed by atoms with E-state index in [1.807, 2.05) is 4.72 Å². The van der Waals surface area contributed by atoms with Gasteiger partial charge in [0.1, 0.15) is 0 Å². The topological polar surface area (TPSA) is 132 Å². The van der Waals surface area contributed by atoms with Crippen LogP contribution < -0.4 is 10.5 Å². The number of carbonyl (C=O) groups is 1. The summed E-state index contributed by atoms with van der Waals surface area (Å²) < 4.78 is 39.5. The Morgan fingerprint density at radius 2 is 2.05 bits per heavy atom. The number of primary amides is 1. The number of nitro benzene ring substituents is 1. The van der Waals surface area contributed by atoms with Crippen molar-refractivity contribution in [2.75, 3.05) is 6.54 Å². The number of nitrogens with one attached hydrogen (secondary N) is 1. The summed E-state index contributed by atoms with van der Waals surface area (Å²) in [6, 6.07) is 2.72. The number of nitro groups is 1. The molecule has 0 bridgehead atoms. The molecule has 0 saturated heterocycles. The molecule has 0 spiro atoms. The summed E-state index contributed by atoms with van der Waals surface area (Å²) in [5.41, 5.74) is 2.75. The third kappa shape index (κ3) is 3.73. The zero-order valence-electron chi connectivity index (χ0n) is 11.3. The van der Waals surface area contributed by atoms with Crippen molar-refractivity contribution in [2.45, 2.75) is 18.7 Å². The quantitative estimate of drug-likeness (QED) is 0.582. The summed E-state index contributed by atoms with van der Waals surface area (Å²) in [5, 5.41) is 10.8. The Morgan fingerprint density at radius 3 is 2.52 bits per heavy atom. The molecule has 10 heteroatoms. The van der Waals surface area contributed by atoms with Gasteiger partial charge in [0.25, 0.3) is 0 Å². The van der Waals surface area contributed by atoms with Crippen molar-refractivity contribution in [2.24, 2.45) is 11.1 Å². The van der Waals surface area contributed by atoms with Crippen molar-refractivity contribution in [3.63, 3.8) is 0 Å². The Balaban J connectivity index is 3.19. The van der Waals surface area contributed by atoms with Crippen LogP contribution in [0.5, 0.6) is 0 Å². The summed E-state index contributed by atoms with van der Waals surface area (Å²) >= 11 is 0. The van der Waals surface area contributed by atoms with Gasteiger partial charge in [-0.05, 0) is 26.0 Å². The first-order chi connectivity index (χ1) is 9.49. The molecule has 0 unspecified atom stereocenters. The maximum absolute atomic E-state index is 13.4. The van der Waals surface area contributed by atoms with E-state index >= 15 is 0 Å². The highest BCUT2D eigenvalue weighted by molar-refractivity contribution is 7.89. The van der Waals surface area contributed by atoms with Gasteiger partial charge in [-0.15, -0.1) is 0 Å². The van der Waals surface area contributed by atoms with E-state index in [2.05, 4.69) is 0 Å². The predicted molar refractivity (Wildman–Crippen MR) is 71.2 cm³/mol. The van der Waals surface area contributed by atoms with Crippen LogP contribution >= 0.6 is 0 Å². The van der Waals surface area contributed by atoms with Gasteiger partial charge in [-0.25, -0.2) is 13.1 Å². The number of hydrogen-bond donors (Lipinski definition) is 2. The van der Waals surface area contributed by atoms with Crippen LogP contribution in [0, 0.1) is 21.3 Å². The molecule has 0 aliphatic heterocycles. The fourth-order valence-electron chi connectivity index (χ4n) is 1.33. The molecule has 21 heavy (non-hydrogen) atoms. The molecule has 1 rings (SSSR count). The Morgan fingerprint density at radius 1 is 1.48 bits per heavy atom. The van der Waals surface area contributed by atoms with E-state index in [4.69, 9.17) is 5.73 Å². The van der Waals surface area contributed by atoms with Crippen LogP contribution in [0.15, 0.2) is 23.1 Å². The van der Waals surface area contributed by atoms with E-state index in [1.165, 1.54) is 13.8 Å². The number of nitrogens with two attached hydrogens (primary N) is 1. The first-order valence-corrected chi connectivity index (χ1v) is 7.20. The Kier molecular flexibility index (Phi) is 4.64. The summed E-state index contributed by atoms with van der Waals surface area (Å²) in [4.78, 5) is 20.0. The van der Waals surface area contributed by atoms with Gasteiger partial charge in [0.05, 0.1) is 10.3 Å². The normalized spacial score (nSPS) is 12.1. The van der Waals surface area contributed by atoms with Gasteiger partial charge in [0, 0.05) is 6.54 Å². The number of halogens is 1. The largest absolute Gasteiger partial charge is 0.369 e. The minimum absolute atomic E-state index is 0.377. The Hall–Kier alpha value is -2.07. The molecule has 116 valence electrons. The zero-order chi connectivity index (χ0) is 16.4. The molecule has 8 nitrogen and oxygen atoms in total. The molecule has 3 N–H and O–H groups in total. The first kappa shape index (κ1) is 17.0. The molecular weight excluding hydrogens is 305 g/mol. The van der Waals surface area contributed by atoms with Crippen LogP contribution in [0.1, 0.15) is 13.8 Å². The number of nitrogens with zero attached hydrogens (tertiary/aromatic N) is 1. The third-order valence-electron chi connectivity index (χ3n) is 2.79. The molecule has 0 atom stereocenters. The average Bonchev–Trinajstić information content (AvgIpc) is 2.35. The molecule has 0 heterocycles. The van der Waals surface area contributed by atoms with Crippen LogP contribution in [0.2, 0.25) is 0 Å². The lowest BCUT2D eigenvalue weighted by Crippen LogP contribution is -2.42. The van der Waals surface area contributed by atoms with Crippen molar-refractivity contribution in [3.05, 3.63) is 34.1 Å². The number of sulfonamides is 1. The molecule has 1 aromatic rings. The average molecular weight is 319 g/mol. The maximum Gasteiger partial charge on any atom is 0.324 e. The van der Waals surface area contributed by atoms with Gasteiger partial charge in [0.2, 0.25) is 21.7 Å². The fraction of sp³-hybridized carbons (Fsp3) is 0.364. The van der Waals surface area contributed by atoms with Crippen molar-refractivity contribution >= 4 is 21.6 Å². The second kappa shape index (κ2) is 5.74. The molecular formula is C11H14FN3O5S. The van der Waals surface area contributed by atoms with Crippen molar-refractivity contribution in [1.29, 1.82) is 0 Å². The maximum atomic E-state index is 13.4. The third-order valence-corrected chi connectivity index (χ3v) is 4.23. The zero-order valence-corrected chi connectivity index (χ0v) is 12.1. The molecule has 0 aliphatic rings. The predicted octanol–water partition coefficient (Wildman–Crippen LogP) is 0.524. The summed E-state index contributed by atoms with van der Waals surface area (Å²) in [6.07, 6.45) is 0. The standard InChI is InChI=1S/C11H14FN3O5S/c1-11(2,10(13)16)6-14-21(19,20)8-5-3-4-7(12)9(8)15(17)18/h3-5,14H,6H2,1-2H3,(H2,13,16). The van der Waals surface area contributed by atoms with E-state index < -0.39 is 42.7 Å². The lowest BCUT2D eigenvalue weighted by Gasteiger charge is -2.20. The van der Waals surface area contributed by atoms with Gasteiger partial charge in [0.15, 0.2) is 4.90 Å². The lowest BCUT2D eigenvalue weighted by molar-refractivity contribution is -0.390. The van der Waals surface area contributed by atoms with Crippen LogP contribution in [-0.4, -0.2) is 25.8 Å². The number of rotatable bonds is 6. The van der Waals surface area contributed by atoms with Crippen LogP contribution in [0.3, 0.4) is 0 Å².